The molecule has 1 amide bonds. The number of amides is 1. The van der Waals surface area contributed by atoms with E-state index in [-0.39, 0.29) is 22.7 Å². The maximum absolute atomic E-state index is 12.5. The number of carbonyl (C=O) groups excluding carboxylic acids is 1. The minimum atomic E-state index is -3.75. The predicted molar refractivity (Wildman–Crippen MR) is 92.3 cm³/mol. The molecule has 0 saturated carbocycles. The quantitative estimate of drug-likeness (QED) is 0.717. The van der Waals surface area contributed by atoms with Crippen LogP contribution in [-0.2, 0) is 10.0 Å². The number of hydrogen-bond donors (Lipinski definition) is 2. The van der Waals surface area contributed by atoms with Crippen LogP contribution in [-0.4, -0.2) is 34.1 Å². The van der Waals surface area contributed by atoms with Crippen LogP contribution in [0.5, 0.6) is 0 Å². The molecule has 9 nitrogen and oxygen atoms in total. The summed E-state index contributed by atoms with van der Waals surface area (Å²) in [5, 5.41) is 6.90. The van der Waals surface area contributed by atoms with Crippen molar-refractivity contribution in [2.45, 2.75) is 17.9 Å². The van der Waals surface area contributed by atoms with Gasteiger partial charge in [0.05, 0.1) is 17.4 Å². The molecule has 1 atom stereocenters. The van der Waals surface area contributed by atoms with E-state index in [4.69, 9.17) is 0 Å². The van der Waals surface area contributed by atoms with Crippen molar-refractivity contribution >= 4 is 21.9 Å². The summed E-state index contributed by atoms with van der Waals surface area (Å²) in [4.78, 5) is 20.7. The summed E-state index contributed by atoms with van der Waals surface area (Å²) in [6, 6.07) is 11.4. The van der Waals surface area contributed by atoms with Crippen molar-refractivity contribution < 1.29 is 13.2 Å². The number of sulfonamides is 1. The van der Waals surface area contributed by atoms with Crippen LogP contribution < -0.4 is 10.0 Å². The van der Waals surface area contributed by atoms with Gasteiger partial charge < -0.3 is 5.32 Å². The second kappa shape index (κ2) is 5.92. The van der Waals surface area contributed by atoms with Gasteiger partial charge in [-0.3, -0.25) is 9.78 Å². The van der Waals surface area contributed by atoms with Crippen molar-refractivity contribution in [2.24, 2.45) is 0 Å². The molecular formula is C16H14N6O3S. The van der Waals surface area contributed by atoms with E-state index in [2.05, 4.69) is 25.1 Å². The highest BCUT2D eigenvalue weighted by molar-refractivity contribution is 7.92. The smallest absolute Gasteiger partial charge is 0.291 e. The first-order valence-corrected chi connectivity index (χ1v) is 9.25. The number of benzene rings is 1. The van der Waals surface area contributed by atoms with Crippen LogP contribution in [0.1, 0.15) is 29.3 Å². The average Bonchev–Trinajstić information content (AvgIpc) is 3.06. The van der Waals surface area contributed by atoms with Crippen LogP contribution >= 0.6 is 0 Å². The number of pyridine rings is 1. The first-order chi connectivity index (χ1) is 12.5. The lowest BCUT2D eigenvalue weighted by molar-refractivity contribution is 0.0928. The molecule has 0 spiro atoms. The largest absolute Gasteiger partial charge is 0.341 e. The Hall–Kier alpha value is -3.27. The Morgan fingerprint density at radius 1 is 1.19 bits per heavy atom. The Balaban J connectivity index is 1.66. The molecule has 3 aromatic rings. The molecule has 1 aliphatic rings. The standard InChI is InChI=1S/C16H14N6O3S/c1-10(11-6-4-5-9-17-11)18-15(23)14-19-16-21-26(24,25)13-8-3-2-7-12(13)22(16)20-14/h2-10H,1H3,(H,18,23)(H,19,20,21)/t10-/m0/s1. The van der Waals surface area contributed by atoms with Crippen LogP contribution in [0, 0.1) is 0 Å². The van der Waals surface area contributed by atoms with Gasteiger partial charge >= 0.3 is 0 Å². The third-order valence-electron chi connectivity index (χ3n) is 3.90. The highest BCUT2D eigenvalue weighted by Gasteiger charge is 2.31. The third-order valence-corrected chi connectivity index (χ3v) is 5.27. The number of nitrogens with zero attached hydrogens (tertiary/aromatic N) is 4. The summed E-state index contributed by atoms with van der Waals surface area (Å²) < 4.78 is 28.2. The van der Waals surface area contributed by atoms with E-state index in [0.29, 0.717) is 11.4 Å². The maximum Gasteiger partial charge on any atom is 0.291 e. The van der Waals surface area contributed by atoms with Crippen molar-refractivity contribution in [3.8, 4) is 5.69 Å². The Bertz CT molecular complexity index is 1090. The minimum Gasteiger partial charge on any atom is -0.341 e. The van der Waals surface area contributed by atoms with Crippen molar-refractivity contribution in [1.29, 1.82) is 0 Å². The number of carbonyl (C=O) groups is 1. The van der Waals surface area contributed by atoms with Gasteiger partial charge in [-0.2, -0.15) is 9.67 Å². The lowest BCUT2D eigenvalue weighted by Crippen LogP contribution is -2.28. The van der Waals surface area contributed by atoms with Crippen LogP contribution in [0.3, 0.4) is 0 Å². The molecule has 0 aliphatic carbocycles. The van der Waals surface area contributed by atoms with E-state index >= 15 is 0 Å². The molecule has 0 fully saturated rings. The lowest BCUT2D eigenvalue weighted by Gasteiger charge is -2.17. The molecule has 132 valence electrons. The van der Waals surface area contributed by atoms with Gasteiger partial charge in [0.25, 0.3) is 15.9 Å². The van der Waals surface area contributed by atoms with E-state index in [1.165, 1.54) is 10.7 Å². The summed E-state index contributed by atoms with van der Waals surface area (Å²) in [7, 11) is -3.75. The minimum absolute atomic E-state index is 0.0284. The summed E-state index contributed by atoms with van der Waals surface area (Å²) in [5.74, 6) is -0.691. The molecule has 4 rings (SSSR count). The normalized spacial score (nSPS) is 15.3. The van der Waals surface area contributed by atoms with E-state index < -0.39 is 15.9 Å². The third kappa shape index (κ3) is 2.69. The Labute approximate surface area is 149 Å². The Morgan fingerprint density at radius 3 is 2.73 bits per heavy atom. The number of anilines is 1. The molecule has 3 heterocycles. The van der Waals surface area contributed by atoms with E-state index in [9.17, 15) is 13.2 Å². The number of hydrogen-bond acceptors (Lipinski definition) is 6. The van der Waals surface area contributed by atoms with Gasteiger partial charge in [0.2, 0.25) is 11.8 Å². The molecule has 26 heavy (non-hydrogen) atoms. The first-order valence-electron chi connectivity index (χ1n) is 7.77. The van der Waals surface area contributed by atoms with Gasteiger partial charge in [-0.15, -0.1) is 5.10 Å². The fraction of sp³-hybridized carbons (Fsp3) is 0.125. The van der Waals surface area contributed by atoms with Gasteiger partial charge in [-0.05, 0) is 31.2 Å². The maximum atomic E-state index is 12.5. The summed E-state index contributed by atoms with van der Waals surface area (Å²) in [5.41, 5.74) is 1.03. The van der Waals surface area contributed by atoms with Crippen molar-refractivity contribution in [3.63, 3.8) is 0 Å². The molecule has 0 radical (unpaired) electrons. The van der Waals surface area contributed by atoms with Crippen LogP contribution in [0.4, 0.5) is 5.95 Å². The number of aromatic nitrogens is 4. The van der Waals surface area contributed by atoms with E-state index in [0.717, 1.165) is 0 Å². The van der Waals surface area contributed by atoms with Gasteiger partial charge in [-0.1, -0.05) is 18.2 Å². The topological polar surface area (TPSA) is 119 Å². The van der Waals surface area contributed by atoms with Crippen molar-refractivity contribution in [1.82, 2.24) is 25.1 Å². The SMILES string of the molecule is C[C@H](NC(=O)c1nc2n(n1)-c1ccccc1S(=O)(=O)N2)c1ccccn1. The summed E-state index contributed by atoms with van der Waals surface area (Å²) >= 11 is 0. The van der Waals surface area contributed by atoms with E-state index in [1.807, 2.05) is 6.07 Å². The highest BCUT2D eigenvalue weighted by atomic mass is 32.2. The second-order valence-corrected chi connectivity index (χ2v) is 7.34. The van der Waals surface area contributed by atoms with Crippen molar-refractivity contribution in [2.75, 3.05) is 4.72 Å². The molecule has 1 aromatic carbocycles. The predicted octanol–water partition coefficient (Wildman–Crippen LogP) is 1.27. The molecular weight excluding hydrogens is 356 g/mol. The zero-order valence-corrected chi connectivity index (χ0v) is 14.4. The molecule has 2 N–H and O–H groups in total. The number of para-hydroxylation sites is 1. The molecule has 0 bridgehead atoms. The molecule has 10 heteroatoms. The number of fused-ring (bicyclic) bond motifs is 3. The number of rotatable bonds is 3. The van der Waals surface area contributed by atoms with Crippen LogP contribution in [0.25, 0.3) is 5.69 Å². The number of nitrogens with one attached hydrogen (secondary N) is 2. The highest BCUT2D eigenvalue weighted by Crippen LogP contribution is 2.29. The first kappa shape index (κ1) is 16.2. The monoisotopic (exact) mass is 370 g/mol. The molecule has 0 saturated heterocycles. The van der Waals surface area contributed by atoms with Gasteiger partial charge in [-0.25, -0.2) is 13.1 Å². The fourth-order valence-electron chi connectivity index (χ4n) is 2.64. The summed E-state index contributed by atoms with van der Waals surface area (Å²) in [6.45, 7) is 1.79. The van der Waals surface area contributed by atoms with E-state index in [1.54, 1.807) is 43.5 Å². The molecule has 0 unspecified atom stereocenters. The summed E-state index contributed by atoms with van der Waals surface area (Å²) in [6.07, 6.45) is 1.64. The lowest BCUT2D eigenvalue weighted by atomic mass is 10.2. The van der Waals surface area contributed by atoms with Crippen molar-refractivity contribution in [3.05, 3.63) is 60.2 Å². The van der Waals surface area contributed by atoms with Gasteiger partial charge in [0.15, 0.2) is 0 Å². The van der Waals surface area contributed by atoms with Crippen LogP contribution in [0.2, 0.25) is 0 Å². The average molecular weight is 370 g/mol. The fourth-order valence-corrected chi connectivity index (χ4v) is 3.81. The Kier molecular flexibility index (Phi) is 3.69. The zero-order valence-electron chi connectivity index (χ0n) is 13.6. The Morgan fingerprint density at radius 2 is 1.96 bits per heavy atom. The second-order valence-electron chi connectivity index (χ2n) is 5.69. The molecule has 1 aliphatic heterocycles. The zero-order chi connectivity index (χ0) is 18.3. The van der Waals surface area contributed by atoms with Crippen LogP contribution in [0.15, 0.2) is 53.6 Å². The van der Waals surface area contributed by atoms with Gasteiger partial charge in [0, 0.05) is 6.20 Å². The van der Waals surface area contributed by atoms with Gasteiger partial charge in [0.1, 0.15) is 4.90 Å². The molecule has 2 aromatic heterocycles.